The Bertz CT molecular complexity index is 206. The lowest BCUT2D eigenvalue weighted by atomic mass is 9.92. The van der Waals surface area contributed by atoms with Gasteiger partial charge >= 0.3 is 0 Å². The molecular weight excluding hydrogens is 188 g/mol. The van der Waals surface area contributed by atoms with Gasteiger partial charge in [-0.2, -0.15) is 0 Å². The second kappa shape index (κ2) is 4.40. The fourth-order valence-electron chi connectivity index (χ4n) is 2.72. The van der Waals surface area contributed by atoms with Crippen molar-refractivity contribution in [2.24, 2.45) is 5.73 Å². The molecule has 15 heavy (non-hydrogen) atoms. The SMILES string of the molecule is CC1(NCC2(N)CCCC2)CCCOC1. The average molecular weight is 212 g/mol. The van der Waals surface area contributed by atoms with E-state index in [0.717, 1.165) is 19.8 Å². The molecule has 1 atom stereocenters. The quantitative estimate of drug-likeness (QED) is 0.743. The molecule has 0 spiro atoms. The van der Waals surface area contributed by atoms with Crippen LogP contribution in [0.5, 0.6) is 0 Å². The fourth-order valence-corrected chi connectivity index (χ4v) is 2.72. The summed E-state index contributed by atoms with van der Waals surface area (Å²) in [7, 11) is 0. The molecule has 0 radical (unpaired) electrons. The van der Waals surface area contributed by atoms with E-state index in [9.17, 15) is 0 Å². The van der Waals surface area contributed by atoms with Crippen molar-refractivity contribution in [1.82, 2.24) is 5.32 Å². The summed E-state index contributed by atoms with van der Waals surface area (Å²) in [5.41, 5.74) is 6.55. The molecule has 2 fully saturated rings. The van der Waals surface area contributed by atoms with Gasteiger partial charge in [-0.05, 0) is 32.6 Å². The summed E-state index contributed by atoms with van der Waals surface area (Å²) in [5.74, 6) is 0. The van der Waals surface area contributed by atoms with Crippen molar-refractivity contribution in [3.05, 3.63) is 0 Å². The maximum absolute atomic E-state index is 6.33. The third kappa shape index (κ3) is 2.92. The predicted molar refractivity (Wildman–Crippen MR) is 61.8 cm³/mol. The van der Waals surface area contributed by atoms with E-state index in [1.807, 2.05) is 0 Å². The van der Waals surface area contributed by atoms with Gasteiger partial charge < -0.3 is 15.8 Å². The van der Waals surface area contributed by atoms with Crippen molar-refractivity contribution >= 4 is 0 Å². The molecule has 1 aliphatic carbocycles. The van der Waals surface area contributed by atoms with Crippen molar-refractivity contribution in [3.8, 4) is 0 Å². The number of hydrogen-bond donors (Lipinski definition) is 2. The Morgan fingerprint density at radius 1 is 1.20 bits per heavy atom. The van der Waals surface area contributed by atoms with Crippen LogP contribution in [0, 0.1) is 0 Å². The smallest absolute Gasteiger partial charge is 0.0645 e. The van der Waals surface area contributed by atoms with Crippen LogP contribution in [0.15, 0.2) is 0 Å². The Hall–Kier alpha value is -0.120. The van der Waals surface area contributed by atoms with Gasteiger partial charge in [0.25, 0.3) is 0 Å². The Balaban J connectivity index is 1.80. The van der Waals surface area contributed by atoms with E-state index in [4.69, 9.17) is 10.5 Å². The van der Waals surface area contributed by atoms with Gasteiger partial charge in [-0.15, -0.1) is 0 Å². The van der Waals surface area contributed by atoms with Crippen molar-refractivity contribution in [1.29, 1.82) is 0 Å². The van der Waals surface area contributed by atoms with E-state index in [-0.39, 0.29) is 11.1 Å². The van der Waals surface area contributed by atoms with Crippen LogP contribution in [0.2, 0.25) is 0 Å². The lowest BCUT2D eigenvalue weighted by Crippen LogP contribution is -2.56. The summed E-state index contributed by atoms with van der Waals surface area (Å²) >= 11 is 0. The van der Waals surface area contributed by atoms with E-state index in [0.29, 0.717) is 0 Å². The Kier molecular flexibility index (Phi) is 3.33. The normalized spacial score (nSPS) is 35.6. The third-order valence-electron chi connectivity index (χ3n) is 3.90. The van der Waals surface area contributed by atoms with Crippen LogP contribution in [-0.2, 0) is 4.74 Å². The van der Waals surface area contributed by atoms with Crippen molar-refractivity contribution in [3.63, 3.8) is 0 Å². The average Bonchev–Trinajstić information content (AvgIpc) is 2.65. The lowest BCUT2D eigenvalue weighted by molar-refractivity contribution is 0.0261. The zero-order chi connectivity index (χ0) is 10.8. The number of nitrogens with one attached hydrogen (secondary N) is 1. The van der Waals surface area contributed by atoms with Crippen molar-refractivity contribution in [2.75, 3.05) is 19.8 Å². The summed E-state index contributed by atoms with van der Waals surface area (Å²) in [6, 6.07) is 0. The molecule has 3 heteroatoms. The lowest BCUT2D eigenvalue weighted by Gasteiger charge is -2.37. The monoisotopic (exact) mass is 212 g/mol. The number of ether oxygens (including phenoxy) is 1. The van der Waals surface area contributed by atoms with Crippen molar-refractivity contribution in [2.45, 2.75) is 56.5 Å². The maximum atomic E-state index is 6.33. The highest BCUT2D eigenvalue weighted by molar-refractivity contribution is 4.95. The molecule has 1 unspecified atom stereocenters. The second-order valence-electron chi connectivity index (χ2n) is 5.64. The van der Waals surface area contributed by atoms with Crippen molar-refractivity contribution < 1.29 is 4.74 Å². The van der Waals surface area contributed by atoms with Gasteiger partial charge in [-0.3, -0.25) is 0 Å². The minimum atomic E-state index is 0.0560. The molecule has 2 rings (SSSR count). The van der Waals surface area contributed by atoms with E-state index in [1.165, 1.54) is 38.5 Å². The molecule has 88 valence electrons. The molecule has 1 heterocycles. The summed E-state index contributed by atoms with van der Waals surface area (Å²) in [6.45, 7) is 4.96. The van der Waals surface area contributed by atoms with Gasteiger partial charge in [-0.25, -0.2) is 0 Å². The molecule has 0 aromatic heterocycles. The van der Waals surface area contributed by atoms with Gasteiger partial charge in [0.2, 0.25) is 0 Å². The third-order valence-corrected chi connectivity index (χ3v) is 3.90. The van der Waals surface area contributed by atoms with Crippen LogP contribution in [-0.4, -0.2) is 30.8 Å². The molecule has 0 aromatic rings. The zero-order valence-corrected chi connectivity index (χ0v) is 9.85. The van der Waals surface area contributed by atoms with Gasteiger partial charge in [0.05, 0.1) is 6.61 Å². The molecule has 0 aromatic carbocycles. The first kappa shape index (κ1) is 11.4. The minimum Gasteiger partial charge on any atom is -0.380 e. The number of hydrogen-bond acceptors (Lipinski definition) is 3. The molecule has 1 saturated carbocycles. The second-order valence-corrected chi connectivity index (χ2v) is 5.64. The van der Waals surface area contributed by atoms with Gasteiger partial charge in [0, 0.05) is 24.2 Å². The molecule has 2 aliphatic rings. The van der Waals surface area contributed by atoms with Crippen LogP contribution in [0.1, 0.15) is 45.4 Å². The van der Waals surface area contributed by atoms with Gasteiger partial charge in [-0.1, -0.05) is 12.8 Å². The Morgan fingerprint density at radius 3 is 2.53 bits per heavy atom. The summed E-state index contributed by atoms with van der Waals surface area (Å²) in [4.78, 5) is 0. The van der Waals surface area contributed by atoms with E-state index < -0.39 is 0 Å². The summed E-state index contributed by atoms with van der Waals surface area (Å²) < 4.78 is 5.53. The largest absolute Gasteiger partial charge is 0.380 e. The highest BCUT2D eigenvalue weighted by Crippen LogP contribution is 2.27. The molecule has 3 nitrogen and oxygen atoms in total. The van der Waals surface area contributed by atoms with Crippen LogP contribution in [0.25, 0.3) is 0 Å². The van der Waals surface area contributed by atoms with Crippen LogP contribution < -0.4 is 11.1 Å². The van der Waals surface area contributed by atoms with Gasteiger partial charge in [0.15, 0.2) is 0 Å². The van der Waals surface area contributed by atoms with Crippen LogP contribution >= 0.6 is 0 Å². The van der Waals surface area contributed by atoms with E-state index >= 15 is 0 Å². The fraction of sp³-hybridized carbons (Fsp3) is 1.00. The Morgan fingerprint density at radius 2 is 1.93 bits per heavy atom. The molecule has 0 bridgehead atoms. The molecule has 0 amide bonds. The van der Waals surface area contributed by atoms with Gasteiger partial charge in [0.1, 0.15) is 0 Å². The zero-order valence-electron chi connectivity index (χ0n) is 9.85. The Labute approximate surface area is 92.7 Å². The predicted octanol–water partition coefficient (Wildman–Crippen LogP) is 1.42. The highest BCUT2D eigenvalue weighted by Gasteiger charge is 2.33. The highest BCUT2D eigenvalue weighted by atomic mass is 16.5. The van der Waals surface area contributed by atoms with Crippen LogP contribution in [0.4, 0.5) is 0 Å². The molecular formula is C12H24N2O. The van der Waals surface area contributed by atoms with Crippen LogP contribution in [0.3, 0.4) is 0 Å². The summed E-state index contributed by atoms with van der Waals surface area (Å²) in [6.07, 6.45) is 7.33. The number of rotatable bonds is 3. The standard InChI is InChI=1S/C12H24N2O/c1-11(5-4-8-15-10-11)14-9-12(13)6-2-3-7-12/h14H,2-10,13H2,1H3. The first-order chi connectivity index (χ1) is 7.12. The minimum absolute atomic E-state index is 0.0560. The van der Waals surface area contributed by atoms with E-state index in [1.54, 1.807) is 0 Å². The topological polar surface area (TPSA) is 47.3 Å². The first-order valence-corrected chi connectivity index (χ1v) is 6.24. The molecule has 3 N–H and O–H groups in total. The molecule has 1 aliphatic heterocycles. The molecule has 1 saturated heterocycles. The number of nitrogens with two attached hydrogens (primary N) is 1. The first-order valence-electron chi connectivity index (χ1n) is 6.24. The summed E-state index contributed by atoms with van der Waals surface area (Å²) in [5, 5.41) is 3.63. The van der Waals surface area contributed by atoms with E-state index in [2.05, 4.69) is 12.2 Å². The maximum Gasteiger partial charge on any atom is 0.0645 e.